The summed E-state index contributed by atoms with van der Waals surface area (Å²) in [5, 5.41) is 2.85. The van der Waals surface area contributed by atoms with Crippen molar-refractivity contribution in [3.8, 4) is 0 Å². The van der Waals surface area contributed by atoms with Gasteiger partial charge in [-0.3, -0.25) is 4.79 Å². The largest absolute Gasteiger partial charge is 0.399 e. The highest BCUT2D eigenvalue weighted by Crippen LogP contribution is 2.02. The number of unbranched alkanes of at least 4 members (excludes halogenated alkanes) is 3. The summed E-state index contributed by atoms with van der Waals surface area (Å²) in [5.74, 6) is -0.490. The van der Waals surface area contributed by atoms with Gasteiger partial charge >= 0.3 is 0 Å². The molecule has 5 nitrogen and oxygen atoms in total. The summed E-state index contributed by atoms with van der Waals surface area (Å²) in [6, 6.07) is 5.58. The maximum atomic E-state index is 12.8. The van der Waals surface area contributed by atoms with Crippen molar-refractivity contribution in [1.29, 1.82) is 0 Å². The number of allylic oxidation sites excluding steroid dienone is 3. The van der Waals surface area contributed by atoms with E-state index in [1.165, 1.54) is 49.9 Å². The number of nitrogens with two attached hydrogens (primary N) is 1. The molecule has 0 aliphatic rings. The van der Waals surface area contributed by atoms with Crippen LogP contribution < -0.4 is 11.1 Å². The van der Waals surface area contributed by atoms with Crippen molar-refractivity contribution in [2.24, 2.45) is 5.73 Å². The topological polar surface area (TPSA) is 61.6 Å². The number of nitrogens with one attached hydrogen (secondary N) is 1. The molecule has 1 rings (SSSR count). The standard InChI is InChI=1S/C15H24FN3O.C6H9N.C6H14/c1-4-19(12-11-18(2)3)10-9-17-15(20)13-5-7-14(16)8-6-13;1-3-5-6(7)4-2;1-3-5-6-4-2/h5-8H,4,9-12H2,1-3H3,(H,17,20);3-5H,1-2,7H2;3-6H2,1-2H3/b;6-5+;. The number of nitrogens with zero attached hydrogens (tertiary/aromatic N) is 2. The highest BCUT2D eigenvalue weighted by Gasteiger charge is 2.07. The molecule has 0 aliphatic heterocycles. The zero-order chi connectivity index (χ0) is 25.5. The van der Waals surface area contributed by atoms with Crippen LogP contribution in [0.25, 0.3) is 0 Å². The van der Waals surface area contributed by atoms with Crippen LogP contribution in [0, 0.1) is 5.82 Å². The highest BCUT2D eigenvalue weighted by molar-refractivity contribution is 5.94. The number of amides is 1. The Hall–Kier alpha value is -2.44. The number of carbonyl (C=O) groups excluding carboxylic acids is 1. The van der Waals surface area contributed by atoms with E-state index in [1.54, 1.807) is 18.2 Å². The Kier molecular flexibility index (Phi) is 22.6. The molecule has 0 unspecified atom stereocenters. The van der Waals surface area contributed by atoms with Gasteiger partial charge in [0.25, 0.3) is 5.91 Å². The molecular formula is C27H47FN4O. The normalized spacial score (nSPS) is 10.6. The summed E-state index contributed by atoms with van der Waals surface area (Å²) in [6.07, 6.45) is 10.4. The molecule has 0 fully saturated rings. The van der Waals surface area contributed by atoms with E-state index in [4.69, 9.17) is 5.73 Å². The van der Waals surface area contributed by atoms with Crippen LogP contribution in [0.5, 0.6) is 0 Å². The van der Waals surface area contributed by atoms with Crippen molar-refractivity contribution < 1.29 is 9.18 Å². The van der Waals surface area contributed by atoms with Gasteiger partial charge in [0.1, 0.15) is 5.82 Å². The summed E-state index contributed by atoms with van der Waals surface area (Å²) < 4.78 is 12.8. The first-order chi connectivity index (χ1) is 15.7. The Morgan fingerprint density at radius 2 is 1.61 bits per heavy atom. The molecule has 0 spiro atoms. The lowest BCUT2D eigenvalue weighted by atomic mass is 10.2. The van der Waals surface area contributed by atoms with Crippen LogP contribution in [0.3, 0.4) is 0 Å². The molecule has 1 aromatic rings. The monoisotopic (exact) mass is 462 g/mol. The lowest BCUT2D eigenvalue weighted by molar-refractivity contribution is 0.0948. The third-order valence-electron chi connectivity index (χ3n) is 4.63. The van der Waals surface area contributed by atoms with E-state index in [2.05, 4.69) is 49.0 Å². The van der Waals surface area contributed by atoms with Crippen molar-refractivity contribution in [2.75, 3.05) is 46.8 Å². The second-order valence-electron chi connectivity index (χ2n) is 7.81. The Morgan fingerprint density at radius 1 is 1.03 bits per heavy atom. The highest BCUT2D eigenvalue weighted by atomic mass is 19.1. The van der Waals surface area contributed by atoms with Crippen molar-refractivity contribution in [3.05, 3.63) is 72.7 Å². The van der Waals surface area contributed by atoms with Gasteiger partial charge in [-0.1, -0.05) is 65.7 Å². The first-order valence-electron chi connectivity index (χ1n) is 11.9. The number of likely N-dealkylation sites (N-methyl/N-ethyl adjacent to an activating group) is 2. The van der Waals surface area contributed by atoms with Crippen LogP contribution in [0.4, 0.5) is 4.39 Å². The molecule has 0 aromatic heterocycles. The molecule has 0 bridgehead atoms. The second-order valence-corrected chi connectivity index (χ2v) is 7.81. The fraction of sp³-hybridized carbons (Fsp3) is 0.519. The molecular weight excluding hydrogens is 415 g/mol. The molecule has 0 heterocycles. The van der Waals surface area contributed by atoms with Crippen LogP contribution in [-0.4, -0.2) is 62.5 Å². The average Bonchev–Trinajstić information content (AvgIpc) is 2.81. The lowest BCUT2D eigenvalue weighted by Gasteiger charge is -2.22. The van der Waals surface area contributed by atoms with Gasteiger partial charge in [0.2, 0.25) is 0 Å². The predicted molar refractivity (Wildman–Crippen MR) is 142 cm³/mol. The summed E-state index contributed by atoms with van der Waals surface area (Å²) in [4.78, 5) is 16.3. The van der Waals surface area contributed by atoms with Gasteiger partial charge in [-0.2, -0.15) is 0 Å². The summed E-state index contributed by atoms with van der Waals surface area (Å²) in [7, 11) is 4.09. The molecule has 0 radical (unpaired) electrons. The third-order valence-corrected chi connectivity index (χ3v) is 4.63. The minimum absolute atomic E-state index is 0.159. The van der Waals surface area contributed by atoms with Gasteiger partial charge in [0, 0.05) is 37.4 Å². The Labute approximate surface area is 202 Å². The van der Waals surface area contributed by atoms with Gasteiger partial charge < -0.3 is 20.9 Å². The van der Waals surface area contributed by atoms with E-state index in [1.807, 2.05) is 14.1 Å². The second kappa shape index (κ2) is 22.7. The maximum absolute atomic E-state index is 12.8. The molecule has 0 saturated heterocycles. The smallest absolute Gasteiger partial charge is 0.251 e. The summed E-state index contributed by atoms with van der Waals surface area (Å²) in [5.41, 5.74) is 6.39. The first kappa shape index (κ1) is 32.7. The van der Waals surface area contributed by atoms with Gasteiger partial charge in [0.15, 0.2) is 0 Å². The molecule has 0 aliphatic carbocycles. The SMILES string of the molecule is C=C/C=C(/N)C=C.CCCCCC.CCN(CCNC(=O)c1ccc(F)cc1)CCN(C)C. The maximum Gasteiger partial charge on any atom is 0.251 e. The molecule has 1 aromatic carbocycles. The van der Waals surface area contributed by atoms with Crippen molar-refractivity contribution in [2.45, 2.75) is 46.5 Å². The van der Waals surface area contributed by atoms with Gasteiger partial charge in [-0.25, -0.2) is 4.39 Å². The molecule has 33 heavy (non-hydrogen) atoms. The Morgan fingerprint density at radius 3 is 2.00 bits per heavy atom. The summed E-state index contributed by atoms with van der Waals surface area (Å²) in [6.45, 7) is 17.8. The van der Waals surface area contributed by atoms with Gasteiger partial charge in [0.05, 0.1) is 0 Å². The number of benzene rings is 1. The zero-order valence-electron chi connectivity index (χ0n) is 21.6. The minimum atomic E-state index is -0.331. The quantitative estimate of drug-likeness (QED) is 0.311. The number of rotatable bonds is 13. The number of carbonyl (C=O) groups is 1. The van der Waals surface area contributed by atoms with Crippen LogP contribution in [0.2, 0.25) is 0 Å². The molecule has 188 valence electrons. The van der Waals surface area contributed by atoms with Crippen molar-refractivity contribution in [3.63, 3.8) is 0 Å². The van der Waals surface area contributed by atoms with Crippen LogP contribution in [0.15, 0.2) is 61.3 Å². The van der Waals surface area contributed by atoms with Crippen LogP contribution >= 0.6 is 0 Å². The minimum Gasteiger partial charge on any atom is -0.399 e. The molecule has 6 heteroatoms. The fourth-order valence-corrected chi connectivity index (χ4v) is 2.50. The number of halogens is 1. The lowest BCUT2D eigenvalue weighted by Crippen LogP contribution is -2.38. The van der Waals surface area contributed by atoms with E-state index in [9.17, 15) is 9.18 Å². The zero-order valence-corrected chi connectivity index (χ0v) is 21.6. The molecule has 1 amide bonds. The van der Waals surface area contributed by atoms with Crippen LogP contribution in [0.1, 0.15) is 56.8 Å². The summed E-state index contributed by atoms with van der Waals surface area (Å²) >= 11 is 0. The molecule has 0 atom stereocenters. The van der Waals surface area contributed by atoms with Crippen LogP contribution in [-0.2, 0) is 0 Å². The average molecular weight is 463 g/mol. The Balaban J connectivity index is 0. The van der Waals surface area contributed by atoms with Crippen molar-refractivity contribution in [1.82, 2.24) is 15.1 Å². The first-order valence-corrected chi connectivity index (χ1v) is 11.9. The number of hydrogen-bond acceptors (Lipinski definition) is 4. The third kappa shape index (κ3) is 21.2. The van der Waals surface area contributed by atoms with E-state index in [-0.39, 0.29) is 11.7 Å². The molecule has 0 saturated carbocycles. The van der Waals surface area contributed by atoms with E-state index in [0.717, 1.165) is 26.2 Å². The van der Waals surface area contributed by atoms with Crippen molar-refractivity contribution >= 4 is 5.91 Å². The van der Waals surface area contributed by atoms with E-state index >= 15 is 0 Å². The molecule has 3 N–H and O–H groups in total. The number of hydrogen-bond donors (Lipinski definition) is 2. The van der Waals surface area contributed by atoms with E-state index < -0.39 is 0 Å². The van der Waals surface area contributed by atoms with E-state index in [0.29, 0.717) is 17.8 Å². The predicted octanol–water partition coefficient (Wildman–Crippen LogP) is 5.23. The Bertz CT molecular complexity index is 653. The van der Waals surface area contributed by atoms with Gasteiger partial charge in [-0.05, 0) is 57.1 Å². The fourth-order valence-electron chi connectivity index (χ4n) is 2.50. The van der Waals surface area contributed by atoms with Gasteiger partial charge in [-0.15, -0.1) is 0 Å².